The lowest BCUT2D eigenvalue weighted by Crippen LogP contribution is -3.16. The molecule has 3 rings (SSSR count). The molecular weight excluding hydrogens is 343 g/mol. The summed E-state index contributed by atoms with van der Waals surface area (Å²) in [7, 11) is 0. The van der Waals surface area contributed by atoms with E-state index >= 15 is 0 Å². The Morgan fingerprint density at radius 3 is 2.63 bits per heavy atom. The Balaban J connectivity index is 1.39. The Morgan fingerprint density at radius 1 is 1.26 bits per heavy atom. The summed E-state index contributed by atoms with van der Waals surface area (Å²) < 4.78 is 20.0. The number of rotatable bonds is 6. The summed E-state index contributed by atoms with van der Waals surface area (Å²) in [4.78, 5) is 3.48. The van der Waals surface area contributed by atoms with E-state index in [1.54, 1.807) is 6.07 Å². The normalized spacial score (nSPS) is 27.5. The molecule has 2 N–H and O–H groups in total. The summed E-state index contributed by atoms with van der Waals surface area (Å²) in [6.07, 6.45) is 3.28. The van der Waals surface area contributed by atoms with Gasteiger partial charge in [-0.1, -0.05) is 32.9 Å². The number of hydrogen-bond acceptors (Lipinski definition) is 3. The second-order valence-corrected chi connectivity index (χ2v) is 9.42. The molecule has 1 heterocycles. The first-order valence-electron chi connectivity index (χ1n) is 10.4. The summed E-state index contributed by atoms with van der Waals surface area (Å²) >= 11 is 0. The number of hydrogen-bond donors (Lipinski definition) is 2. The van der Waals surface area contributed by atoms with Crippen molar-refractivity contribution >= 4 is 5.69 Å². The summed E-state index contributed by atoms with van der Waals surface area (Å²) in [5.74, 6) is 0.534. The number of nitrogens with zero attached hydrogens (tertiary/aromatic N) is 1. The van der Waals surface area contributed by atoms with Gasteiger partial charge in [0.1, 0.15) is 18.5 Å². The molecule has 1 saturated heterocycles. The van der Waals surface area contributed by atoms with E-state index in [1.165, 1.54) is 17.4 Å². The highest BCUT2D eigenvalue weighted by atomic mass is 19.1. The minimum atomic E-state index is -0.430. The van der Waals surface area contributed by atoms with E-state index in [2.05, 4.69) is 25.7 Å². The SMILES string of the molecule is C[C@H]1C[C@H](OC[C@H](O)C[NH+]2CCN(c3ccccc3F)CC2)CC(C)(C)C1. The lowest BCUT2D eigenvalue weighted by atomic mass is 9.71. The van der Waals surface area contributed by atoms with Crippen molar-refractivity contribution in [1.82, 2.24) is 0 Å². The second kappa shape index (κ2) is 8.89. The predicted molar refractivity (Wildman–Crippen MR) is 107 cm³/mol. The lowest BCUT2D eigenvalue weighted by Gasteiger charge is -2.39. The van der Waals surface area contributed by atoms with Gasteiger partial charge in [-0.2, -0.15) is 0 Å². The molecule has 4 nitrogen and oxygen atoms in total. The van der Waals surface area contributed by atoms with Gasteiger partial charge in [-0.25, -0.2) is 4.39 Å². The highest BCUT2D eigenvalue weighted by Crippen LogP contribution is 2.39. The van der Waals surface area contributed by atoms with Crippen LogP contribution in [0.3, 0.4) is 0 Å². The van der Waals surface area contributed by atoms with Crippen molar-refractivity contribution in [3.8, 4) is 0 Å². The van der Waals surface area contributed by atoms with Crippen LogP contribution in [0.5, 0.6) is 0 Å². The van der Waals surface area contributed by atoms with Gasteiger partial charge in [-0.15, -0.1) is 0 Å². The molecule has 0 aromatic heterocycles. The van der Waals surface area contributed by atoms with Crippen LogP contribution in [0.2, 0.25) is 0 Å². The van der Waals surface area contributed by atoms with E-state index in [0.29, 0.717) is 30.2 Å². The maximum atomic E-state index is 13.9. The maximum absolute atomic E-state index is 13.9. The maximum Gasteiger partial charge on any atom is 0.146 e. The Labute approximate surface area is 163 Å². The number of benzene rings is 1. The van der Waals surface area contributed by atoms with Gasteiger partial charge in [0, 0.05) is 0 Å². The van der Waals surface area contributed by atoms with Gasteiger partial charge < -0.3 is 19.6 Å². The molecule has 0 spiro atoms. The molecule has 2 aliphatic rings. The van der Waals surface area contributed by atoms with Crippen LogP contribution >= 0.6 is 0 Å². The molecule has 0 bridgehead atoms. The molecule has 152 valence electrons. The number of anilines is 1. The van der Waals surface area contributed by atoms with Gasteiger partial charge in [0.05, 0.1) is 44.6 Å². The van der Waals surface area contributed by atoms with E-state index in [4.69, 9.17) is 4.74 Å². The van der Waals surface area contributed by atoms with Gasteiger partial charge in [0.15, 0.2) is 0 Å². The predicted octanol–water partition coefficient (Wildman–Crippen LogP) is 2.12. The number of aliphatic hydroxyl groups excluding tert-OH is 1. The van der Waals surface area contributed by atoms with Gasteiger partial charge in [-0.05, 0) is 42.7 Å². The van der Waals surface area contributed by atoms with E-state index < -0.39 is 6.10 Å². The molecule has 1 saturated carbocycles. The summed E-state index contributed by atoms with van der Waals surface area (Å²) in [6.45, 7) is 11.5. The lowest BCUT2D eigenvalue weighted by molar-refractivity contribution is -0.903. The smallest absolute Gasteiger partial charge is 0.146 e. The molecule has 0 radical (unpaired) electrons. The number of piperazine rings is 1. The fraction of sp³-hybridized carbons (Fsp3) is 0.727. The van der Waals surface area contributed by atoms with E-state index in [1.807, 2.05) is 12.1 Å². The number of quaternary nitrogens is 1. The first-order chi connectivity index (χ1) is 12.8. The largest absolute Gasteiger partial charge is 0.385 e. The van der Waals surface area contributed by atoms with Gasteiger partial charge in [-0.3, -0.25) is 0 Å². The Hall–Kier alpha value is -1.17. The van der Waals surface area contributed by atoms with Crippen molar-refractivity contribution in [2.24, 2.45) is 11.3 Å². The van der Waals surface area contributed by atoms with Gasteiger partial charge >= 0.3 is 0 Å². The van der Waals surface area contributed by atoms with E-state index in [-0.39, 0.29) is 11.9 Å². The fourth-order valence-electron chi connectivity index (χ4n) is 5.00. The molecule has 2 fully saturated rings. The van der Waals surface area contributed by atoms with Crippen molar-refractivity contribution in [1.29, 1.82) is 0 Å². The number of nitrogens with one attached hydrogen (secondary N) is 1. The number of ether oxygens (including phenoxy) is 1. The zero-order valence-corrected chi connectivity index (χ0v) is 17.1. The van der Waals surface area contributed by atoms with Crippen LogP contribution in [0, 0.1) is 17.2 Å². The Kier molecular flexibility index (Phi) is 6.77. The molecule has 1 aromatic rings. The van der Waals surface area contributed by atoms with Crippen LogP contribution in [-0.4, -0.2) is 56.6 Å². The molecule has 5 heteroatoms. The zero-order valence-electron chi connectivity index (χ0n) is 17.1. The molecule has 1 aromatic carbocycles. The highest BCUT2D eigenvalue weighted by molar-refractivity contribution is 5.47. The minimum absolute atomic E-state index is 0.154. The molecule has 27 heavy (non-hydrogen) atoms. The summed E-state index contributed by atoms with van der Waals surface area (Å²) in [5.41, 5.74) is 1.02. The molecule has 1 aliphatic heterocycles. The average molecular weight is 380 g/mol. The van der Waals surface area contributed by atoms with Crippen molar-refractivity contribution in [3.05, 3.63) is 30.1 Å². The first kappa shape index (κ1) is 20.6. The van der Waals surface area contributed by atoms with Crippen LogP contribution in [0.4, 0.5) is 10.1 Å². The summed E-state index contributed by atoms with van der Waals surface area (Å²) in [6, 6.07) is 6.97. The minimum Gasteiger partial charge on any atom is -0.385 e. The van der Waals surface area contributed by atoms with Crippen molar-refractivity contribution < 1.29 is 19.1 Å². The molecule has 0 unspecified atom stereocenters. The van der Waals surface area contributed by atoms with Crippen LogP contribution in [0.25, 0.3) is 0 Å². The fourth-order valence-corrected chi connectivity index (χ4v) is 5.00. The zero-order chi connectivity index (χ0) is 19.4. The number of aliphatic hydroxyl groups is 1. The van der Waals surface area contributed by atoms with Crippen molar-refractivity contribution in [2.75, 3.05) is 44.2 Å². The standard InChI is InChI=1S/C22H35FN2O2/c1-17-12-19(14-22(2,3)13-17)27-16-18(26)15-24-8-10-25(11-9-24)21-7-5-4-6-20(21)23/h4-7,17-19,26H,8-16H2,1-3H3/p+1/t17-,18+,19-/m0/s1. The number of para-hydroxylation sites is 1. The van der Waals surface area contributed by atoms with Crippen LogP contribution < -0.4 is 9.80 Å². The Morgan fingerprint density at radius 2 is 1.96 bits per heavy atom. The van der Waals surface area contributed by atoms with Crippen molar-refractivity contribution in [3.63, 3.8) is 0 Å². The monoisotopic (exact) mass is 379 g/mol. The average Bonchev–Trinajstić information content (AvgIpc) is 2.60. The molecule has 3 atom stereocenters. The number of halogens is 1. The molecular formula is C22H36FN2O2+. The topological polar surface area (TPSA) is 37.1 Å². The third kappa shape index (κ3) is 5.90. The molecule has 1 aliphatic carbocycles. The summed E-state index contributed by atoms with van der Waals surface area (Å²) in [5, 5.41) is 10.4. The second-order valence-electron chi connectivity index (χ2n) is 9.42. The van der Waals surface area contributed by atoms with Crippen LogP contribution in [0.15, 0.2) is 24.3 Å². The third-order valence-electron chi connectivity index (χ3n) is 6.06. The van der Waals surface area contributed by atoms with E-state index in [9.17, 15) is 9.50 Å². The van der Waals surface area contributed by atoms with Crippen LogP contribution in [-0.2, 0) is 4.74 Å². The van der Waals surface area contributed by atoms with E-state index in [0.717, 1.165) is 39.0 Å². The molecule has 0 amide bonds. The van der Waals surface area contributed by atoms with Gasteiger partial charge in [0.25, 0.3) is 0 Å². The Bertz CT molecular complexity index is 602. The quantitative estimate of drug-likeness (QED) is 0.795. The highest BCUT2D eigenvalue weighted by Gasteiger charge is 2.33. The first-order valence-corrected chi connectivity index (χ1v) is 10.4. The van der Waals surface area contributed by atoms with Crippen molar-refractivity contribution in [2.45, 2.75) is 52.2 Å². The van der Waals surface area contributed by atoms with Crippen LogP contribution in [0.1, 0.15) is 40.0 Å². The third-order valence-corrected chi connectivity index (χ3v) is 6.06. The van der Waals surface area contributed by atoms with Gasteiger partial charge in [0.2, 0.25) is 0 Å².